The van der Waals surface area contributed by atoms with Crippen molar-refractivity contribution < 1.29 is 0 Å². The smallest absolute Gasteiger partial charge is 0.0629 e. The van der Waals surface area contributed by atoms with Gasteiger partial charge in [-0.25, -0.2) is 0 Å². The molecular weight excluding hydrogens is 218 g/mol. The minimum atomic E-state index is 0.203. The summed E-state index contributed by atoms with van der Waals surface area (Å²) in [5.74, 6) is 0. The van der Waals surface area contributed by atoms with E-state index in [9.17, 15) is 0 Å². The second-order valence-electron chi connectivity index (χ2n) is 5.47. The van der Waals surface area contributed by atoms with Crippen LogP contribution in [0.3, 0.4) is 0 Å². The van der Waals surface area contributed by atoms with Gasteiger partial charge in [-0.15, -0.1) is 0 Å². The third-order valence-corrected chi connectivity index (χ3v) is 2.90. The zero-order valence-electron chi connectivity index (χ0n) is 11.2. The monoisotopic (exact) mass is 237 g/mol. The summed E-state index contributed by atoms with van der Waals surface area (Å²) in [5.41, 5.74) is 3.67. The van der Waals surface area contributed by atoms with Gasteiger partial charge < -0.3 is 0 Å². The van der Waals surface area contributed by atoms with Gasteiger partial charge in [0.2, 0.25) is 0 Å². The van der Waals surface area contributed by atoms with Gasteiger partial charge in [0.25, 0.3) is 0 Å². The lowest BCUT2D eigenvalue weighted by molar-refractivity contribution is 0.590. The van der Waals surface area contributed by atoms with Crippen LogP contribution in [-0.2, 0) is 5.41 Å². The Balaban J connectivity index is 2.14. The summed E-state index contributed by atoms with van der Waals surface area (Å²) < 4.78 is 0. The Kier molecular flexibility index (Phi) is 3.61. The molecule has 1 heteroatoms. The molecule has 0 saturated carbocycles. The summed E-state index contributed by atoms with van der Waals surface area (Å²) >= 11 is 0. The van der Waals surface area contributed by atoms with Crippen molar-refractivity contribution in [3.05, 3.63) is 65.7 Å². The molecule has 0 amide bonds. The first-order chi connectivity index (χ1) is 8.55. The Morgan fingerprint density at radius 3 is 2.00 bits per heavy atom. The Morgan fingerprint density at radius 1 is 0.833 bits per heavy atom. The third kappa shape index (κ3) is 3.30. The maximum Gasteiger partial charge on any atom is 0.0629 e. The van der Waals surface area contributed by atoms with E-state index in [1.54, 1.807) is 0 Å². The molecule has 0 aliphatic rings. The van der Waals surface area contributed by atoms with Gasteiger partial charge >= 0.3 is 0 Å². The average Bonchev–Trinajstić information content (AvgIpc) is 2.37. The van der Waals surface area contributed by atoms with Crippen LogP contribution in [0, 0.1) is 0 Å². The number of benzene rings is 2. The fourth-order valence-corrected chi connectivity index (χ4v) is 1.73. The van der Waals surface area contributed by atoms with E-state index in [1.165, 1.54) is 5.56 Å². The summed E-state index contributed by atoms with van der Waals surface area (Å²) in [6.45, 7) is 6.67. The summed E-state index contributed by atoms with van der Waals surface area (Å²) in [4.78, 5) is 4.44. The molecule has 2 rings (SSSR count). The van der Waals surface area contributed by atoms with E-state index in [-0.39, 0.29) is 5.41 Å². The van der Waals surface area contributed by atoms with Crippen LogP contribution in [0.15, 0.2) is 59.6 Å². The lowest BCUT2D eigenvalue weighted by Crippen LogP contribution is -2.10. The minimum Gasteiger partial charge on any atom is -0.256 e. The van der Waals surface area contributed by atoms with Crippen LogP contribution in [0.25, 0.3) is 0 Å². The predicted octanol–water partition coefficient (Wildman–Crippen LogP) is 4.73. The van der Waals surface area contributed by atoms with E-state index in [0.717, 1.165) is 11.3 Å². The third-order valence-electron chi connectivity index (χ3n) is 2.90. The summed E-state index contributed by atoms with van der Waals surface area (Å²) in [7, 11) is 0. The molecule has 18 heavy (non-hydrogen) atoms. The zero-order chi connectivity index (χ0) is 13.0. The van der Waals surface area contributed by atoms with Crippen molar-refractivity contribution in [3.63, 3.8) is 0 Å². The molecule has 1 nitrogen and oxygen atoms in total. The largest absolute Gasteiger partial charge is 0.256 e. The van der Waals surface area contributed by atoms with E-state index in [1.807, 2.05) is 36.5 Å². The van der Waals surface area contributed by atoms with Gasteiger partial charge in [0.1, 0.15) is 0 Å². The maximum absolute atomic E-state index is 4.44. The number of rotatable bonds is 2. The summed E-state index contributed by atoms with van der Waals surface area (Å²) in [6, 6.07) is 18.6. The van der Waals surface area contributed by atoms with Gasteiger partial charge in [0.05, 0.1) is 5.69 Å². The van der Waals surface area contributed by atoms with Crippen molar-refractivity contribution in [2.45, 2.75) is 26.2 Å². The highest BCUT2D eigenvalue weighted by atomic mass is 14.7. The standard InChI is InChI=1S/C17H19N/c1-17(2,3)15-11-9-14(10-12-15)13-18-16-7-5-4-6-8-16/h4-13H,1-3H3. The maximum atomic E-state index is 4.44. The second kappa shape index (κ2) is 5.18. The SMILES string of the molecule is CC(C)(C)c1ccc(C=Nc2ccccc2)cc1. The molecule has 0 radical (unpaired) electrons. The first kappa shape index (κ1) is 12.6. The van der Waals surface area contributed by atoms with Gasteiger partial charge in [-0.2, -0.15) is 0 Å². The Bertz CT molecular complexity index is 516. The highest BCUT2D eigenvalue weighted by molar-refractivity contribution is 5.81. The zero-order valence-corrected chi connectivity index (χ0v) is 11.2. The van der Waals surface area contributed by atoms with E-state index >= 15 is 0 Å². The molecular formula is C17H19N. The number of aliphatic imine (C=N–C) groups is 1. The number of hydrogen-bond acceptors (Lipinski definition) is 1. The van der Waals surface area contributed by atoms with Gasteiger partial charge in [-0.05, 0) is 28.7 Å². The van der Waals surface area contributed by atoms with Crippen molar-refractivity contribution in [2.24, 2.45) is 4.99 Å². The second-order valence-corrected chi connectivity index (χ2v) is 5.47. The Morgan fingerprint density at radius 2 is 1.44 bits per heavy atom. The quantitative estimate of drug-likeness (QED) is 0.669. The Labute approximate surface area is 109 Å². The minimum absolute atomic E-state index is 0.203. The van der Waals surface area contributed by atoms with Gasteiger partial charge in [0, 0.05) is 6.21 Å². The lowest BCUT2D eigenvalue weighted by Gasteiger charge is -2.18. The van der Waals surface area contributed by atoms with Crippen LogP contribution in [-0.4, -0.2) is 6.21 Å². The van der Waals surface area contributed by atoms with Gasteiger partial charge in [-0.3, -0.25) is 4.99 Å². The van der Waals surface area contributed by atoms with Crippen molar-refractivity contribution >= 4 is 11.9 Å². The van der Waals surface area contributed by atoms with E-state index in [2.05, 4.69) is 50.0 Å². The van der Waals surface area contributed by atoms with E-state index < -0.39 is 0 Å². The van der Waals surface area contributed by atoms with Gasteiger partial charge in [-0.1, -0.05) is 63.2 Å². The normalized spacial score (nSPS) is 11.9. The van der Waals surface area contributed by atoms with Crippen LogP contribution in [0.5, 0.6) is 0 Å². The van der Waals surface area contributed by atoms with Crippen LogP contribution >= 0.6 is 0 Å². The van der Waals surface area contributed by atoms with Crippen molar-refractivity contribution in [1.29, 1.82) is 0 Å². The lowest BCUT2D eigenvalue weighted by atomic mass is 9.87. The molecule has 2 aromatic carbocycles. The first-order valence-corrected chi connectivity index (χ1v) is 6.25. The first-order valence-electron chi connectivity index (χ1n) is 6.25. The highest BCUT2D eigenvalue weighted by Gasteiger charge is 2.12. The molecule has 0 aliphatic carbocycles. The van der Waals surface area contributed by atoms with Crippen molar-refractivity contribution in [2.75, 3.05) is 0 Å². The Hall–Kier alpha value is -1.89. The van der Waals surface area contributed by atoms with E-state index in [4.69, 9.17) is 0 Å². The molecule has 0 fully saturated rings. The number of nitrogens with zero attached hydrogens (tertiary/aromatic N) is 1. The summed E-state index contributed by atoms with van der Waals surface area (Å²) in [6.07, 6.45) is 1.90. The van der Waals surface area contributed by atoms with Gasteiger partial charge in [0.15, 0.2) is 0 Å². The number of para-hydroxylation sites is 1. The molecule has 0 aromatic heterocycles. The van der Waals surface area contributed by atoms with Crippen LogP contribution in [0.1, 0.15) is 31.9 Å². The molecule has 92 valence electrons. The van der Waals surface area contributed by atoms with Crippen LogP contribution in [0.4, 0.5) is 5.69 Å². The number of hydrogen-bond donors (Lipinski definition) is 0. The van der Waals surface area contributed by atoms with E-state index in [0.29, 0.717) is 0 Å². The van der Waals surface area contributed by atoms with Crippen molar-refractivity contribution in [1.82, 2.24) is 0 Å². The fraction of sp³-hybridized carbons (Fsp3) is 0.235. The molecule has 0 bridgehead atoms. The molecule has 0 unspecified atom stereocenters. The molecule has 0 heterocycles. The predicted molar refractivity (Wildman–Crippen MR) is 78.8 cm³/mol. The molecule has 0 atom stereocenters. The van der Waals surface area contributed by atoms with Crippen LogP contribution in [0.2, 0.25) is 0 Å². The molecule has 0 N–H and O–H groups in total. The highest BCUT2D eigenvalue weighted by Crippen LogP contribution is 2.22. The molecule has 0 spiro atoms. The molecule has 2 aromatic rings. The molecule has 0 saturated heterocycles. The van der Waals surface area contributed by atoms with Crippen molar-refractivity contribution in [3.8, 4) is 0 Å². The average molecular weight is 237 g/mol. The van der Waals surface area contributed by atoms with Crippen LogP contribution < -0.4 is 0 Å². The molecule has 0 aliphatic heterocycles. The fourth-order valence-electron chi connectivity index (χ4n) is 1.73. The topological polar surface area (TPSA) is 12.4 Å². The summed E-state index contributed by atoms with van der Waals surface area (Å²) in [5, 5.41) is 0.